The number of rotatable bonds is 28. The van der Waals surface area contributed by atoms with E-state index in [1.165, 1.54) is 213 Å². The van der Waals surface area contributed by atoms with Crippen LogP contribution in [0.25, 0.3) is 22.3 Å². The van der Waals surface area contributed by atoms with Gasteiger partial charge in [-0.15, -0.1) is 0 Å². The van der Waals surface area contributed by atoms with Gasteiger partial charge in [0, 0.05) is 22.0 Å². The van der Waals surface area contributed by atoms with Crippen molar-refractivity contribution in [1.29, 1.82) is 0 Å². The third-order valence-electron chi connectivity index (χ3n) is 14.8. The summed E-state index contributed by atoms with van der Waals surface area (Å²) in [6.07, 6.45) is 37.0. The lowest BCUT2D eigenvalue weighted by Gasteiger charge is -2.33. The molecule has 2 aliphatic carbocycles. The molecule has 0 N–H and O–H groups in total. The highest BCUT2D eigenvalue weighted by Gasteiger charge is 2.43. The number of hydrogen-bond donors (Lipinski definition) is 0. The van der Waals surface area contributed by atoms with E-state index in [2.05, 4.69) is 136 Å². The Morgan fingerprint density at radius 2 is 0.597 bits per heavy atom. The molecule has 0 heteroatoms. The minimum Gasteiger partial charge on any atom is -0.0654 e. The average Bonchev–Trinajstić information content (AvgIpc) is 3.73. The fourth-order valence-corrected chi connectivity index (χ4v) is 11.4. The Balaban J connectivity index is 1.26. The van der Waals surface area contributed by atoms with E-state index in [4.69, 9.17) is 0 Å². The summed E-state index contributed by atoms with van der Waals surface area (Å²) < 4.78 is 0. The van der Waals surface area contributed by atoms with Gasteiger partial charge in [0.25, 0.3) is 0 Å². The summed E-state index contributed by atoms with van der Waals surface area (Å²) in [6, 6.07) is 32.9. The summed E-state index contributed by atoms with van der Waals surface area (Å²) in [4.78, 5) is 0. The molecule has 4 aromatic carbocycles. The largest absolute Gasteiger partial charge is 0.0654 e. The van der Waals surface area contributed by atoms with Gasteiger partial charge in [0.1, 0.15) is 0 Å². The molecule has 0 unspecified atom stereocenters. The van der Waals surface area contributed by atoms with Crippen LogP contribution in [0.1, 0.15) is 241 Å². The zero-order valence-electron chi connectivity index (χ0n) is 39.9. The van der Waals surface area contributed by atoms with E-state index < -0.39 is 0 Å². The summed E-state index contributed by atoms with van der Waals surface area (Å²) in [7, 11) is 0. The molecule has 6 rings (SSSR count). The van der Waals surface area contributed by atoms with Crippen molar-refractivity contribution < 1.29 is 0 Å². The van der Waals surface area contributed by atoms with E-state index in [0.29, 0.717) is 0 Å². The van der Waals surface area contributed by atoms with Crippen molar-refractivity contribution in [3.63, 3.8) is 0 Å². The van der Waals surface area contributed by atoms with E-state index in [0.717, 1.165) is 11.1 Å². The molecule has 0 heterocycles. The molecule has 62 heavy (non-hydrogen) atoms. The van der Waals surface area contributed by atoms with Gasteiger partial charge in [0.05, 0.1) is 0 Å². The van der Waals surface area contributed by atoms with Crippen molar-refractivity contribution >= 4 is 0 Å². The average molecular weight is 827 g/mol. The third kappa shape index (κ3) is 12.0. The first-order valence-corrected chi connectivity index (χ1v) is 26.1. The van der Waals surface area contributed by atoms with Crippen LogP contribution >= 0.6 is 0 Å². The second-order valence-electron chi connectivity index (χ2n) is 19.3. The van der Waals surface area contributed by atoms with Gasteiger partial charge in [-0.2, -0.15) is 0 Å². The van der Waals surface area contributed by atoms with E-state index in [1.807, 2.05) is 0 Å². The van der Waals surface area contributed by atoms with Crippen molar-refractivity contribution in [2.24, 2.45) is 0 Å². The Labute approximate surface area is 380 Å². The molecule has 0 saturated carbocycles. The topological polar surface area (TPSA) is 0 Å². The first-order valence-electron chi connectivity index (χ1n) is 26.1. The van der Waals surface area contributed by atoms with E-state index in [9.17, 15) is 0 Å². The van der Waals surface area contributed by atoms with Crippen LogP contribution < -0.4 is 0 Å². The Bertz CT molecular complexity index is 1900. The van der Waals surface area contributed by atoms with E-state index >= 15 is 0 Å². The summed E-state index contributed by atoms with van der Waals surface area (Å²) >= 11 is 0. The van der Waals surface area contributed by atoms with Crippen LogP contribution in [0.5, 0.6) is 0 Å². The maximum Gasteiger partial charge on any atom is 0.0259 e. The Morgan fingerprint density at radius 3 is 0.935 bits per heavy atom. The molecule has 0 aliphatic heterocycles. The Hall–Kier alpha value is -4.00. The van der Waals surface area contributed by atoms with Gasteiger partial charge in [-0.25, -0.2) is 0 Å². The molecular formula is C62H82. The minimum absolute atomic E-state index is 0.0737. The normalized spacial score (nSPS) is 13.7. The van der Waals surface area contributed by atoms with Crippen LogP contribution in [-0.4, -0.2) is 0 Å². The van der Waals surface area contributed by atoms with Crippen molar-refractivity contribution in [2.75, 3.05) is 0 Å². The molecule has 0 amide bonds. The number of unbranched alkanes of at least 4 members (excludes halogenated alkanes) is 20. The van der Waals surface area contributed by atoms with Gasteiger partial charge in [-0.3, -0.25) is 0 Å². The van der Waals surface area contributed by atoms with Gasteiger partial charge in [0.2, 0.25) is 0 Å². The molecule has 0 spiro atoms. The number of benzene rings is 4. The Kier molecular flexibility index (Phi) is 19.4. The SMILES string of the molecule is CCCCCCCCC1(CCCCCCCC)c2ccccc2-c2ccc(C#CC#Cc3ccc4c(c3)C(CCCCCCCC)(CCCCCCCC)c3ccccc3-4)cc21. The monoisotopic (exact) mass is 827 g/mol. The van der Waals surface area contributed by atoms with Gasteiger partial charge < -0.3 is 0 Å². The van der Waals surface area contributed by atoms with E-state index in [-0.39, 0.29) is 10.8 Å². The van der Waals surface area contributed by atoms with E-state index in [1.54, 1.807) is 11.1 Å². The lowest BCUT2D eigenvalue weighted by molar-refractivity contribution is 0.398. The first kappa shape index (κ1) is 47.5. The fourth-order valence-electron chi connectivity index (χ4n) is 11.4. The van der Waals surface area contributed by atoms with Crippen LogP contribution in [0.15, 0.2) is 84.9 Å². The lowest BCUT2D eigenvalue weighted by Crippen LogP contribution is -2.25. The maximum absolute atomic E-state index is 3.55. The highest BCUT2D eigenvalue weighted by atomic mass is 14.5. The van der Waals surface area contributed by atoms with Crippen LogP contribution in [0.4, 0.5) is 0 Å². The number of fused-ring (bicyclic) bond motifs is 6. The molecule has 0 nitrogen and oxygen atoms in total. The van der Waals surface area contributed by atoms with Crippen molar-refractivity contribution in [3.05, 3.63) is 118 Å². The van der Waals surface area contributed by atoms with Gasteiger partial charge in [0.15, 0.2) is 0 Å². The highest BCUT2D eigenvalue weighted by Crippen LogP contribution is 2.56. The minimum atomic E-state index is 0.0737. The zero-order chi connectivity index (χ0) is 43.3. The first-order chi connectivity index (χ1) is 30.6. The predicted octanol–water partition coefficient (Wildman–Crippen LogP) is 18.6. The zero-order valence-corrected chi connectivity index (χ0v) is 39.9. The van der Waals surface area contributed by atoms with Crippen molar-refractivity contribution in [1.82, 2.24) is 0 Å². The fraction of sp³-hybridized carbons (Fsp3) is 0.548. The molecule has 2 aliphatic rings. The third-order valence-corrected chi connectivity index (χ3v) is 14.8. The molecule has 0 radical (unpaired) electrons. The summed E-state index contributed by atoms with van der Waals surface area (Å²) in [6.45, 7) is 9.28. The maximum atomic E-state index is 3.55. The van der Waals surface area contributed by atoms with Crippen LogP contribution in [-0.2, 0) is 10.8 Å². The predicted molar refractivity (Wildman–Crippen MR) is 271 cm³/mol. The van der Waals surface area contributed by atoms with Gasteiger partial charge in [-0.1, -0.05) is 254 Å². The number of hydrogen-bond acceptors (Lipinski definition) is 0. The quantitative estimate of drug-likeness (QED) is 0.0395. The highest BCUT2D eigenvalue weighted by molar-refractivity contribution is 5.83. The Morgan fingerprint density at radius 1 is 0.306 bits per heavy atom. The standard InChI is InChI=1S/C62H82/c1-5-9-13-17-21-31-45-61(46-32-22-18-14-10-6-2)57-39-29-27-37-53(57)55-43-41-51(49-59(55)61)35-25-26-36-52-42-44-56-54-38-28-30-40-58(54)62(60(56)50-52,47-33-23-19-15-11-7-3)48-34-24-20-16-12-8-4/h27-30,37-44,49-50H,5-24,31-34,45-48H2,1-4H3. The molecule has 0 fully saturated rings. The van der Waals surface area contributed by atoms with Crippen LogP contribution in [0, 0.1) is 23.7 Å². The molecule has 4 aromatic rings. The lowest BCUT2D eigenvalue weighted by atomic mass is 9.70. The second-order valence-corrected chi connectivity index (χ2v) is 19.3. The molecule has 0 saturated heterocycles. The van der Waals surface area contributed by atoms with Crippen molar-refractivity contribution in [2.45, 2.75) is 218 Å². The molecule has 0 aromatic heterocycles. The second kappa shape index (κ2) is 25.3. The van der Waals surface area contributed by atoms with Gasteiger partial charge in [-0.05, 0) is 106 Å². The smallest absolute Gasteiger partial charge is 0.0259 e. The molecule has 0 atom stereocenters. The van der Waals surface area contributed by atoms with Crippen LogP contribution in [0.2, 0.25) is 0 Å². The summed E-state index contributed by atoms with van der Waals surface area (Å²) in [5.74, 6) is 13.8. The molecule has 330 valence electrons. The van der Waals surface area contributed by atoms with Gasteiger partial charge >= 0.3 is 0 Å². The summed E-state index contributed by atoms with van der Waals surface area (Å²) in [5, 5.41) is 0. The van der Waals surface area contributed by atoms with Crippen molar-refractivity contribution in [3.8, 4) is 45.9 Å². The summed E-state index contributed by atoms with van der Waals surface area (Å²) in [5.41, 5.74) is 14.3. The molecule has 0 bridgehead atoms. The van der Waals surface area contributed by atoms with Crippen LogP contribution in [0.3, 0.4) is 0 Å². The molecular weight excluding hydrogens is 745 g/mol.